The number of aryl methyl sites for hydroxylation is 2. The van der Waals surface area contributed by atoms with Crippen LogP contribution in [0.2, 0.25) is 0 Å². The molecule has 1 N–H and O–H groups in total. The summed E-state index contributed by atoms with van der Waals surface area (Å²) in [6.45, 7) is 4.33. The zero-order valence-electron chi connectivity index (χ0n) is 14.0. The molecule has 128 valence electrons. The Morgan fingerprint density at radius 3 is 2.88 bits per heavy atom. The molecule has 1 aromatic carbocycles. The summed E-state index contributed by atoms with van der Waals surface area (Å²) in [5.41, 5.74) is 2.19. The average Bonchev–Trinajstić information content (AvgIpc) is 3.30. The number of ether oxygens (including phenoxy) is 1. The van der Waals surface area contributed by atoms with Gasteiger partial charge in [-0.25, -0.2) is 0 Å². The monoisotopic (exact) mass is 329 g/mol. The molecule has 6 heteroatoms. The summed E-state index contributed by atoms with van der Waals surface area (Å²) < 4.78 is 10.5. The molecule has 1 aromatic heterocycles. The summed E-state index contributed by atoms with van der Waals surface area (Å²) in [4.78, 5) is 16.2. The van der Waals surface area contributed by atoms with Crippen molar-refractivity contribution in [2.24, 2.45) is 5.92 Å². The molecule has 6 nitrogen and oxygen atoms in total. The SMILES string of the molecule is CCc1ccc(-c2noc(CCC(=O)NCC3CCOC3)n2)cc1. The van der Waals surface area contributed by atoms with Gasteiger partial charge < -0.3 is 14.6 Å². The first-order valence-corrected chi connectivity index (χ1v) is 8.51. The fourth-order valence-corrected chi connectivity index (χ4v) is 2.67. The molecule has 24 heavy (non-hydrogen) atoms. The number of amides is 1. The highest BCUT2D eigenvalue weighted by Crippen LogP contribution is 2.17. The Kier molecular flexibility index (Phi) is 5.59. The molecule has 0 saturated carbocycles. The van der Waals surface area contributed by atoms with Crippen LogP contribution in [0.5, 0.6) is 0 Å². The van der Waals surface area contributed by atoms with Crippen LogP contribution in [-0.2, 0) is 22.4 Å². The van der Waals surface area contributed by atoms with E-state index in [0.29, 0.717) is 37.0 Å². The van der Waals surface area contributed by atoms with Gasteiger partial charge in [-0.15, -0.1) is 0 Å². The average molecular weight is 329 g/mol. The molecule has 0 aliphatic carbocycles. The van der Waals surface area contributed by atoms with E-state index in [4.69, 9.17) is 9.26 Å². The number of rotatable bonds is 7. The van der Waals surface area contributed by atoms with Crippen LogP contribution >= 0.6 is 0 Å². The number of nitrogens with one attached hydrogen (secondary N) is 1. The van der Waals surface area contributed by atoms with Gasteiger partial charge in [-0.2, -0.15) is 4.98 Å². The molecule has 1 aliphatic heterocycles. The van der Waals surface area contributed by atoms with E-state index in [2.05, 4.69) is 34.5 Å². The third kappa shape index (κ3) is 4.41. The number of carbonyl (C=O) groups is 1. The summed E-state index contributed by atoms with van der Waals surface area (Å²) in [5.74, 6) is 1.50. The Bertz CT molecular complexity index is 660. The Balaban J connectivity index is 1.47. The quantitative estimate of drug-likeness (QED) is 0.844. The third-order valence-electron chi connectivity index (χ3n) is 4.27. The summed E-state index contributed by atoms with van der Waals surface area (Å²) in [7, 11) is 0. The van der Waals surface area contributed by atoms with Gasteiger partial charge in [-0.1, -0.05) is 36.3 Å². The smallest absolute Gasteiger partial charge is 0.227 e. The Morgan fingerprint density at radius 2 is 2.17 bits per heavy atom. The van der Waals surface area contributed by atoms with Crippen LogP contribution in [0.15, 0.2) is 28.8 Å². The normalized spacial score (nSPS) is 17.1. The van der Waals surface area contributed by atoms with Crippen LogP contribution in [0.4, 0.5) is 0 Å². The molecule has 1 aliphatic rings. The molecule has 1 atom stereocenters. The standard InChI is InChI=1S/C18H23N3O3/c1-2-13-3-5-15(6-4-13)18-20-17(24-21-18)8-7-16(22)19-11-14-9-10-23-12-14/h3-6,14H,2,7-12H2,1H3,(H,19,22). The molecule has 1 amide bonds. The topological polar surface area (TPSA) is 77.2 Å². The molecule has 0 bridgehead atoms. The highest BCUT2D eigenvalue weighted by Gasteiger charge is 2.16. The summed E-state index contributed by atoms with van der Waals surface area (Å²) in [5, 5.41) is 6.93. The van der Waals surface area contributed by atoms with E-state index < -0.39 is 0 Å². The molecule has 3 rings (SSSR count). The zero-order chi connectivity index (χ0) is 16.8. The maximum atomic E-state index is 11.9. The van der Waals surface area contributed by atoms with Crippen molar-refractivity contribution in [3.8, 4) is 11.4 Å². The first-order chi connectivity index (χ1) is 11.7. The molecule has 2 heterocycles. The van der Waals surface area contributed by atoms with Crippen molar-refractivity contribution in [1.82, 2.24) is 15.5 Å². The highest BCUT2D eigenvalue weighted by molar-refractivity contribution is 5.76. The predicted molar refractivity (Wildman–Crippen MR) is 89.4 cm³/mol. The molecule has 1 unspecified atom stereocenters. The van der Waals surface area contributed by atoms with Crippen molar-refractivity contribution in [1.29, 1.82) is 0 Å². The minimum absolute atomic E-state index is 0.00829. The van der Waals surface area contributed by atoms with Crippen molar-refractivity contribution >= 4 is 5.91 Å². The molecule has 1 fully saturated rings. The van der Waals surface area contributed by atoms with Crippen molar-refractivity contribution in [2.45, 2.75) is 32.6 Å². The summed E-state index contributed by atoms with van der Waals surface area (Å²) in [6.07, 6.45) is 2.82. The Hall–Kier alpha value is -2.21. The lowest BCUT2D eigenvalue weighted by Crippen LogP contribution is -2.29. The lowest BCUT2D eigenvalue weighted by atomic mass is 10.1. The number of hydrogen-bond acceptors (Lipinski definition) is 5. The van der Waals surface area contributed by atoms with E-state index >= 15 is 0 Å². The second kappa shape index (κ2) is 8.06. The maximum Gasteiger partial charge on any atom is 0.227 e. The predicted octanol–water partition coefficient (Wildman–Crippen LogP) is 2.38. The molecule has 0 radical (unpaired) electrons. The number of hydrogen-bond donors (Lipinski definition) is 1. The second-order valence-corrected chi connectivity index (χ2v) is 6.10. The van der Waals surface area contributed by atoms with Crippen LogP contribution in [0.3, 0.4) is 0 Å². The minimum atomic E-state index is 0.00829. The molecular formula is C18H23N3O3. The van der Waals surface area contributed by atoms with E-state index in [-0.39, 0.29) is 5.91 Å². The van der Waals surface area contributed by atoms with Crippen LogP contribution in [0.25, 0.3) is 11.4 Å². The minimum Gasteiger partial charge on any atom is -0.381 e. The number of benzene rings is 1. The van der Waals surface area contributed by atoms with Gasteiger partial charge in [0.25, 0.3) is 0 Å². The highest BCUT2D eigenvalue weighted by atomic mass is 16.5. The van der Waals surface area contributed by atoms with E-state index in [1.54, 1.807) is 0 Å². The van der Waals surface area contributed by atoms with Crippen molar-refractivity contribution < 1.29 is 14.1 Å². The van der Waals surface area contributed by atoms with Gasteiger partial charge in [0.05, 0.1) is 6.61 Å². The van der Waals surface area contributed by atoms with Crippen LogP contribution < -0.4 is 5.32 Å². The Morgan fingerprint density at radius 1 is 1.33 bits per heavy atom. The largest absolute Gasteiger partial charge is 0.381 e. The number of nitrogens with zero attached hydrogens (tertiary/aromatic N) is 2. The molecule has 2 aromatic rings. The van der Waals surface area contributed by atoms with Gasteiger partial charge in [0.2, 0.25) is 17.6 Å². The van der Waals surface area contributed by atoms with Crippen molar-refractivity contribution in [3.05, 3.63) is 35.7 Å². The van der Waals surface area contributed by atoms with E-state index in [9.17, 15) is 4.79 Å². The summed E-state index contributed by atoms with van der Waals surface area (Å²) in [6, 6.07) is 8.10. The second-order valence-electron chi connectivity index (χ2n) is 6.10. The van der Waals surface area contributed by atoms with Gasteiger partial charge in [0, 0.05) is 37.5 Å². The van der Waals surface area contributed by atoms with Crippen LogP contribution in [-0.4, -0.2) is 35.8 Å². The lowest BCUT2D eigenvalue weighted by molar-refractivity contribution is -0.121. The fraction of sp³-hybridized carbons (Fsp3) is 0.500. The first kappa shape index (κ1) is 16.6. The number of aromatic nitrogens is 2. The van der Waals surface area contributed by atoms with E-state index in [1.807, 2.05) is 12.1 Å². The summed E-state index contributed by atoms with van der Waals surface area (Å²) >= 11 is 0. The van der Waals surface area contributed by atoms with Crippen LogP contribution in [0, 0.1) is 5.92 Å². The maximum absolute atomic E-state index is 11.9. The molecule has 0 spiro atoms. The van der Waals surface area contributed by atoms with Gasteiger partial charge in [0.1, 0.15) is 0 Å². The lowest BCUT2D eigenvalue weighted by Gasteiger charge is -2.08. The van der Waals surface area contributed by atoms with E-state index in [1.165, 1.54) is 5.56 Å². The fourth-order valence-electron chi connectivity index (χ4n) is 2.67. The van der Waals surface area contributed by atoms with Crippen molar-refractivity contribution in [3.63, 3.8) is 0 Å². The van der Waals surface area contributed by atoms with Crippen LogP contribution in [0.1, 0.15) is 31.2 Å². The number of carbonyl (C=O) groups excluding carboxylic acids is 1. The van der Waals surface area contributed by atoms with Gasteiger partial charge >= 0.3 is 0 Å². The zero-order valence-corrected chi connectivity index (χ0v) is 14.0. The van der Waals surface area contributed by atoms with Gasteiger partial charge in [-0.3, -0.25) is 4.79 Å². The van der Waals surface area contributed by atoms with E-state index in [0.717, 1.165) is 31.6 Å². The Labute approximate surface area is 141 Å². The van der Waals surface area contributed by atoms with Gasteiger partial charge in [-0.05, 0) is 18.4 Å². The third-order valence-corrected chi connectivity index (χ3v) is 4.27. The van der Waals surface area contributed by atoms with Crippen molar-refractivity contribution in [2.75, 3.05) is 19.8 Å². The first-order valence-electron chi connectivity index (χ1n) is 8.51. The van der Waals surface area contributed by atoms with Gasteiger partial charge in [0.15, 0.2) is 0 Å². The molecule has 1 saturated heterocycles. The molecular weight excluding hydrogens is 306 g/mol.